The monoisotopic (exact) mass is 508 g/mol. The molecule has 1 aliphatic rings. The predicted octanol–water partition coefficient (Wildman–Crippen LogP) is 5.04. The Kier molecular flexibility index (Phi) is 14.0. The molecule has 2 aromatic rings. The Balaban J connectivity index is 0.000000292. The Morgan fingerprint density at radius 1 is 0.917 bits per heavy atom. The van der Waals surface area contributed by atoms with Gasteiger partial charge in [-0.3, -0.25) is 0 Å². The van der Waals surface area contributed by atoms with Crippen molar-refractivity contribution in [1.82, 2.24) is 0 Å². The van der Waals surface area contributed by atoms with Crippen molar-refractivity contribution < 1.29 is 38.6 Å². The van der Waals surface area contributed by atoms with Gasteiger partial charge in [-0.1, -0.05) is 24.3 Å². The van der Waals surface area contributed by atoms with Crippen LogP contribution in [0.15, 0.2) is 48.5 Å². The van der Waals surface area contributed by atoms with Gasteiger partial charge in [-0.25, -0.2) is 0 Å². The predicted molar refractivity (Wildman–Crippen MR) is 139 cm³/mol. The SMILES string of the molecule is CC(C)(O)CCO.COc1ccc(C(OC)OC)cc1.COc1ccc(C2OCCC(C)(C)O2)cc1. The van der Waals surface area contributed by atoms with Crippen molar-refractivity contribution in [2.24, 2.45) is 0 Å². The topological polar surface area (TPSA) is 95.8 Å². The highest BCUT2D eigenvalue weighted by atomic mass is 16.7. The zero-order chi connectivity index (χ0) is 27.2. The second kappa shape index (κ2) is 15.8. The van der Waals surface area contributed by atoms with Gasteiger partial charge in [-0.05, 0) is 64.8 Å². The van der Waals surface area contributed by atoms with Crippen LogP contribution in [0.4, 0.5) is 0 Å². The molecule has 0 bridgehead atoms. The maximum Gasteiger partial charge on any atom is 0.184 e. The molecule has 0 aliphatic carbocycles. The number of aliphatic hydroxyl groups is 2. The summed E-state index contributed by atoms with van der Waals surface area (Å²) in [6, 6.07) is 15.4. The summed E-state index contributed by atoms with van der Waals surface area (Å²) in [4.78, 5) is 0. The minimum atomic E-state index is -0.700. The number of ether oxygens (including phenoxy) is 6. The Hall–Kier alpha value is -2.20. The molecule has 0 radical (unpaired) electrons. The van der Waals surface area contributed by atoms with Crippen LogP contribution in [0.1, 0.15) is 64.2 Å². The quantitative estimate of drug-likeness (QED) is 0.479. The molecule has 0 aromatic heterocycles. The van der Waals surface area contributed by atoms with E-state index in [9.17, 15) is 0 Å². The van der Waals surface area contributed by atoms with Gasteiger partial charge in [0.1, 0.15) is 11.5 Å². The fourth-order valence-electron chi connectivity index (χ4n) is 3.12. The van der Waals surface area contributed by atoms with Crippen molar-refractivity contribution in [2.45, 2.75) is 64.3 Å². The van der Waals surface area contributed by atoms with E-state index < -0.39 is 5.60 Å². The Morgan fingerprint density at radius 3 is 1.78 bits per heavy atom. The third kappa shape index (κ3) is 12.2. The third-order valence-corrected chi connectivity index (χ3v) is 5.33. The van der Waals surface area contributed by atoms with E-state index in [1.54, 1.807) is 42.3 Å². The van der Waals surface area contributed by atoms with E-state index in [-0.39, 0.29) is 24.8 Å². The Bertz CT molecular complexity index is 824. The minimum absolute atomic E-state index is 0.0590. The lowest BCUT2D eigenvalue weighted by Gasteiger charge is -2.36. The molecule has 1 saturated heterocycles. The fourth-order valence-corrected chi connectivity index (χ4v) is 3.12. The number of rotatable bonds is 8. The van der Waals surface area contributed by atoms with Crippen molar-refractivity contribution in [1.29, 1.82) is 0 Å². The van der Waals surface area contributed by atoms with E-state index in [0.717, 1.165) is 35.7 Å². The molecule has 0 saturated carbocycles. The lowest BCUT2D eigenvalue weighted by Crippen LogP contribution is -2.34. The first-order valence-electron chi connectivity index (χ1n) is 11.9. The molecule has 0 spiro atoms. The smallest absolute Gasteiger partial charge is 0.184 e. The van der Waals surface area contributed by atoms with E-state index in [2.05, 4.69) is 13.8 Å². The number of hydrogen-bond acceptors (Lipinski definition) is 8. The second-order valence-electron chi connectivity index (χ2n) is 9.47. The molecular formula is C28H44O8. The molecule has 0 amide bonds. The molecule has 8 nitrogen and oxygen atoms in total. The van der Waals surface area contributed by atoms with Gasteiger partial charge in [0, 0.05) is 32.0 Å². The normalized spacial score (nSPS) is 16.8. The summed E-state index contributed by atoms with van der Waals surface area (Å²) in [5, 5.41) is 17.1. The molecule has 3 rings (SSSR count). The minimum Gasteiger partial charge on any atom is -0.497 e. The number of hydrogen-bond donors (Lipinski definition) is 2. The van der Waals surface area contributed by atoms with Gasteiger partial charge >= 0.3 is 0 Å². The molecular weight excluding hydrogens is 464 g/mol. The molecule has 8 heteroatoms. The Labute approximate surface area is 216 Å². The van der Waals surface area contributed by atoms with Gasteiger partial charge in [0.15, 0.2) is 12.6 Å². The van der Waals surface area contributed by atoms with Crippen molar-refractivity contribution in [3.8, 4) is 11.5 Å². The molecule has 1 aliphatic heterocycles. The van der Waals surface area contributed by atoms with Gasteiger partial charge in [0.05, 0.1) is 32.0 Å². The number of benzene rings is 2. The van der Waals surface area contributed by atoms with Crippen molar-refractivity contribution in [2.75, 3.05) is 41.7 Å². The van der Waals surface area contributed by atoms with Crippen LogP contribution >= 0.6 is 0 Å². The van der Waals surface area contributed by atoms with Crippen LogP contribution in [0.5, 0.6) is 11.5 Å². The summed E-state index contributed by atoms with van der Waals surface area (Å²) in [6.07, 6.45) is 0.827. The van der Waals surface area contributed by atoms with E-state index >= 15 is 0 Å². The van der Waals surface area contributed by atoms with E-state index in [1.807, 2.05) is 48.5 Å². The largest absolute Gasteiger partial charge is 0.497 e. The maximum absolute atomic E-state index is 8.86. The molecule has 2 N–H and O–H groups in total. The van der Waals surface area contributed by atoms with Gasteiger partial charge in [0.2, 0.25) is 0 Å². The third-order valence-electron chi connectivity index (χ3n) is 5.33. The zero-order valence-corrected chi connectivity index (χ0v) is 22.9. The average molecular weight is 509 g/mol. The lowest BCUT2D eigenvalue weighted by molar-refractivity contribution is -0.249. The Morgan fingerprint density at radius 2 is 1.42 bits per heavy atom. The molecule has 1 fully saturated rings. The first-order chi connectivity index (χ1) is 17.0. The highest BCUT2D eigenvalue weighted by Crippen LogP contribution is 2.32. The van der Waals surface area contributed by atoms with Crippen LogP contribution in [0, 0.1) is 0 Å². The van der Waals surface area contributed by atoms with E-state index in [1.165, 1.54) is 0 Å². The van der Waals surface area contributed by atoms with Crippen LogP contribution in [0.3, 0.4) is 0 Å². The summed E-state index contributed by atoms with van der Waals surface area (Å²) in [7, 11) is 6.52. The van der Waals surface area contributed by atoms with Gasteiger partial charge in [-0.15, -0.1) is 0 Å². The van der Waals surface area contributed by atoms with Crippen LogP contribution in [0.25, 0.3) is 0 Å². The highest BCUT2D eigenvalue weighted by Gasteiger charge is 2.30. The molecule has 36 heavy (non-hydrogen) atoms. The van der Waals surface area contributed by atoms with Gasteiger partial charge in [-0.2, -0.15) is 0 Å². The fraction of sp³-hybridized carbons (Fsp3) is 0.571. The highest BCUT2D eigenvalue weighted by molar-refractivity contribution is 5.28. The van der Waals surface area contributed by atoms with Crippen LogP contribution in [-0.4, -0.2) is 63.1 Å². The molecule has 1 unspecified atom stereocenters. The van der Waals surface area contributed by atoms with Crippen molar-refractivity contribution in [3.05, 3.63) is 59.7 Å². The maximum atomic E-state index is 8.86. The lowest BCUT2D eigenvalue weighted by atomic mass is 10.0. The second-order valence-corrected chi connectivity index (χ2v) is 9.47. The van der Waals surface area contributed by atoms with Crippen molar-refractivity contribution >= 4 is 0 Å². The summed E-state index contributed by atoms with van der Waals surface area (Å²) < 4.78 is 31.8. The van der Waals surface area contributed by atoms with E-state index in [0.29, 0.717) is 6.42 Å². The summed E-state index contributed by atoms with van der Waals surface area (Å²) >= 11 is 0. The summed E-state index contributed by atoms with van der Waals surface area (Å²) in [5.41, 5.74) is 1.21. The first kappa shape index (κ1) is 31.8. The molecule has 204 valence electrons. The number of methoxy groups -OCH3 is 4. The standard InChI is InChI=1S/C13H18O3.C10H14O3.C5H12O2/c1-13(2)8-9-15-12(16-13)10-4-6-11(14-3)7-5-10;1-11-9-6-4-8(5-7-9)10(12-2)13-3;1-5(2,7)3-4-6/h4-7,12H,8-9H2,1-3H3;4-7,10H,1-3H3;6-7H,3-4H2,1-2H3. The number of aliphatic hydroxyl groups excluding tert-OH is 1. The summed E-state index contributed by atoms with van der Waals surface area (Å²) in [5.74, 6) is 1.67. The van der Waals surface area contributed by atoms with Crippen LogP contribution < -0.4 is 9.47 Å². The summed E-state index contributed by atoms with van der Waals surface area (Å²) in [6.45, 7) is 8.32. The molecule has 1 atom stereocenters. The zero-order valence-electron chi connectivity index (χ0n) is 22.9. The van der Waals surface area contributed by atoms with Crippen molar-refractivity contribution in [3.63, 3.8) is 0 Å². The van der Waals surface area contributed by atoms with Gasteiger partial charge < -0.3 is 38.6 Å². The first-order valence-corrected chi connectivity index (χ1v) is 11.9. The molecule has 2 aromatic carbocycles. The van der Waals surface area contributed by atoms with Gasteiger partial charge in [0.25, 0.3) is 0 Å². The van der Waals surface area contributed by atoms with E-state index in [4.69, 9.17) is 38.6 Å². The molecule has 1 heterocycles. The van der Waals surface area contributed by atoms with Crippen LogP contribution in [-0.2, 0) is 18.9 Å². The average Bonchev–Trinajstić information content (AvgIpc) is 2.85. The van der Waals surface area contributed by atoms with Crippen LogP contribution in [0.2, 0.25) is 0 Å².